The average molecular weight is 255 g/mol. The summed E-state index contributed by atoms with van der Waals surface area (Å²) in [6, 6.07) is 11.4. The molecule has 2 N–H and O–H groups in total. The molecule has 1 fully saturated rings. The topological polar surface area (TPSA) is 40.7 Å². The van der Waals surface area contributed by atoms with Crippen LogP contribution in [-0.2, 0) is 6.42 Å². The molecule has 0 amide bonds. The van der Waals surface area contributed by atoms with Gasteiger partial charge in [-0.05, 0) is 37.3 Å². The molecule has 100 valence electrons. The van der Waals surface area contributed by atoms with E-state index in [1.54, 1.807) is 0 Å². The molecule has 1 aliphatic rings. The van der Waals surface area contributed by atoms with Gasteiger partial charge in [0.25, 0.3) is 0 Å². The van der Waals surface area contributed by atoms with Crippen LogP contribution in [0.4, 0.5) is 0 Å². The standard InChI is InChI=1S/C16H21N3/c1-2-5-13(6-3-1)16(14-8-9-14)19-10-4-7-15-17-11-12-18-15/h1-3,5-6,11-12,14,16,19H,4,7-10H2,(H,17,18). The maximum Gasteiger partial charge on any atom is 0.106 e. The first kappa shape index (κ1) is 12.4. The van der Waals surface area contributed by atoms with Crippen molar-refractivity contribution in [3.63, 3.8) is 0 Å². The molecule has 3 heteroatoms. The number of aryl methyl sites for hydroxylation is 1. The van der Waals surface area contributed by atoms with Crippen molar-refractivity contribution < 1.29 is 0 Å². The molecule has 1 aliphatic carbocycles. The first-order valence-electron chi connectivity index (χ1n) is 7.20. The van der Waals surface area contributed by atoms with Crippen LogP contribution in [0.2, 0.25) is 0 Å². The fourth-order valence-corrected chi connectivity index (χ4v) is 2.59. The zero-order valence-corrected chi connectivity index (χ0v) is 11.2. The number of aromatic nitrogens is 2. The maximum absolute atomic E-state index is 4.26. The summed E-state index contributed by atoms with van der Waals surface area (Å²) in [5.41, 5.74) is 1.43. The average Bonchev–Trinajstić information content (AvgIpc) is 3.15. The van der Waals surface area contributed by atoms with E-state index in [-0.39, 0.29) is 0 Å². The molecule has 0 spiro atoms. The van der Waals surface area contributed by atoms with Crippen molar-refractivity contribution in [2.24, 2.45) is 5.92 Å². The van der Waals surface area contributed by atoms with Gasteiger partial charge in [-0.25, -0.2) is 4.98 Å². The Bertz CT molecular complexity index is 474. The van der Waals surface area contributed by atoms with Crippen molar-refractivity contribution in [1.82, 2.24) is 15.3 Å². The highest BCUT2D eigenvalue weighted by Gasteiger charge is 2.31. The maximum atomic E-state index is 4.26. The Morgan fingerprint density at radius 1 is 1.26 bits per heavy atom. The van der Waals surface area contributed by atoms with Gasteiger partial charge in [-0.3, -0.25) is 0 Å². The Hall–Kier alpha value is -1.61. The number of H-pyrrole nitrogens is 1. The molecule has 2 aromatic rings. The van der Waals surface area contributed by atoms with Crippen LogP contribution < -0.4 is 5.32 Å². The Morgan fingerprint density at radius 3 is 2.79 bits per heavy atom. The lowest BCUT2D eigenvalue weighted by atomic mass is 10.0. The highest BCUT2D eigenvalue weighted by Crippen LogP contribution is 2.40. The molecular formula is C16H21N3. The lowest BCUT2D eigenvalue weighted by Crippen LogP contribution is -2.24. The lowest BCUT2D eigenvalue weighted by Gasteiger charge is -2.18. The van der Waals surface area contributed by atoms with Gasteiger partial charge in [-0.15, -0.1) is 0 Å². The molecule has 0 saturated heterocycles. The van der Waals surface area contributed by atoms with Crippen LogP contribution >= 0.6 is 0 Å². The second-order valence-corrected chi connectivity index (χ2v) is 5.32. The van der Waals surface area contributed by atoms with E-state index in [2.05, 4.69) is 45.6 Å². The van der Waals surface area contributed by atoms with E-state index in [1.807, 2.05) is 12.4 Å². The Morgan fingerprint density at radius 2 is 2.11 bits per heavy atom. The van der Waals surface area contributed by atoms with Crippen molar-refractivity contribution in [3.05, 3.63) is 54.1 Å². The zero-order valence-electron chi connectivity index (χ0n) is 11.2. The number of hydrogen-bond donors (Lipinski definition) is 2. The largest absolute Gasteiger partial charge is 0.349 e. The van der Waals surface area contributed by atoms with E-state index in [9.17, 15) is 0 Å². The Labute approximate surface area is 114 Å². The minimum absolute atomic E-state index is 0.540. The Balaban J connectivity index is 1.49. The third-order valence-electron chi connectivity index (χ3n) is 3.76. The van der Waals surface area contributed by atoms with Crippen LogP contribution in [0.15, 0.2) is 42.7 Å². The molecule has 3 nitrogen and oxygen atoms in total. The quantitative estimate of drug-likeness (QED) is 0.746. The second kappa shape index (κ2) is 6.02. The van der Waals surface area contributed by atoms with Crippen molar-refractivity contribution >= 4 is 0 Å². The van der Waals surface area contributed by atoms with Crippen LogP contribution in [0.1, 0.15) is 36.7 Å². The lowest BCUT2D eigenvalue weighted by molar-refractivity contribution is 0.474. The zero-order chi connectivity index (χ0) is 12.9. The number of aromatic amines is 1. The summed E-state index contributed by atoms with van der Waals surface area (Å²) in [6.45, 7) is 1.05. The number of nitrogens with one attached hydrogen (secondary N) is 2. The fraction of sp³-hybridized carbons (Fsp3) is 0.438. The molecule has 1 heterocycles. The molecule has 1 saturated carbocycles. The van der Waals surface area contributed by atoms with Gasteiger partial charge >= 0.3 is 0 Å². The fourth-order valence-electron chi connectivity index (χ4n) is 2.59. The summed E-state index contributed by atoms with van der Waals surface area (Å²) in [4.78, 5) is 7.41. The van der Waals surface area contributed by atoms with Crippen LogP contribution in [-0.4, -0.2) is 16.5 Å². The molecule has 1 atom stereocenters. The Kier molecular flexibility index (Phi) is 3.94. The van der Waals surface area contributed by atoms with Crippen LogP contribution in [0.25, 0.3) is 0 Å². The SMILES string of the molecule is c1ccc(C(NCCCc2ncc[nH]2)C2CC2)cc1. The van der Waals surface area contributed by atoms with E-state index >= 15 is 0 Å². The summed E-state index contributed by atoms with van der Waals surface area (Å²) in [7, 11) is 0. The minimum atomic E-state index is 0.540. The van der Waals surface area contributed by atoms with Crippen molar-refractivity contribution in [2.45, 2.75) is 31.7 Å². The molecule has 1 aromatic carbocycles. The van der Waals surface area contributed by atoms with E-state index in [4.69, 9.17) is 0 Å². The summed E-state index contributed by atoms with van der Waals surface area (Å²) in [5.74, 6) is 1.93. The monoisotopic (exact) mass is 255 g/mol. The smallest absolute Gasteiger partial charge is 0.106 e. The van der Waals surface area contributed by atoms with Crippen LogP contribution in [0.5, 0.6) is 0 Å². The molecule has 1 unspecified atom stereocenters. The van der Waals surface area contributed by atoms with Crippen molar-refractivity contribution in [2.75, 3.05) is 6.54 Å². The number of rotatable bonds is 7. The number of benzene rings is 1. The van der Waals surface area contributed by atoms with Gasteiger partial charge in [-0.2, -0.15) is 0 Å². The van der Waals surface area contributed by atoms with E-state index in [0.29, 0.717) is 6.04 Å². The normalized spacial score (nSPS) is 16.4. The summed E-state index contributed by atoms with van der Waals surface area (Å²) in [6.07, 6.45) is 8.59. The van der Waals surface area contributed by atoms with Gasteiger partial charge in [0.2, 0.25) is 0 Å². The van der Waals surface area contributed by atoms with E-state index < -0.39 is 0 Å². The second-order valence-electron chi connectivity index (χ2n) is 5.32. The number of hydrogen-bond acceptors (Lipinski definition) is 2. The summed E-state index contributed by atoms with van der Waals surface area (Å²) >= 11 is 0. The van der Waals surface area contributed by atoms with Gasteiger partial charge in [-0.1, -0.05) is 30.3 Å². The third kappa shape index (κ3) is 3.44. The van der Waals surface area contributed by atoms with E-state index in [0.717, 1.165) is 31.1 Å². The molecule has 0 radical (unpaired) electrons. The van der Waals surface area contributed by atoms with Crippen molar-refractivity contribution in [3.8, 4) is 0 Å². The van der Waals surface area contributed by atoms with Crippen LogP contribution in [0, 0.1) is 5.92 Å². The van der Waals surface area contributed by atoms with E-state index in [1.165, 1.54) is 18.4 Å². The van der Waals surface area contributed by atoms with Gasteiger partial charge in [0.05, 0.1) is 0 Å². The van der Waals surface area contributed by atoms with Gasteiger partial charge in [0, 0.05) is 24.9 Å². The van der Waals surface area contributed by atoms with Gasteiger partial charge in [0.15, 0.2) is 0 Å². The number of imidazole rings is 1. The molecule has 0 aliphatic heterocycles. The highest BCUT2D eigenvalue weighted by atomic mass is 14.9. The highest BCUT2D eigenvalue weighted by molar-refractivity contribution is 5.21. The third-order valence-corrected chi connectivity index (χ3v) is 3.76. The first-order chi connectivity index (χ1) is 9.43. The molecular weight excluding hydrogens is 234 g/mol. The first-order valence-corrected chi connectivity index (χ1v) is 7.20. The van der Waals surface area contributed by atoms with Gasteiger partial charge in [0.1, 0.15) is 5.82 Å². The minimum Gasteiger partial charge on any atom is -0.349 e. The molecule has 0 bridgehead atoms. The molecule has 1 aromatic heterocycles. The summed E-state index contributed by atoms with van der Waals surface area (Å²) < 4.78 is 0. The number of nitrogens with zero attached hydrogens (tertiary/aromatic N) is 1. The molecule has 3 rings (SSSR count). The molecule has 19 heavy (non-hydrogen) atoms. The van der Waals surface area contributed by atoms with Crippen molar-refractivity contribution in [1.29, 1.82) is 0 Å². The van der Waals surface area contributed by atoms with Gasteiger partial charge < -0.3 is 10.3 Å². The summed E-state index contributed by atoms with van der Waals surface area (Å²) in [5, 5.41) is 3.72. The predicted molar refractivity (Wildman–Crippen MR) is 76.8 cm³/mol. The predicted octanol–water partition coefficient (Wildman–Crippen LogP) is 3.08. The van der Waals surface area contributed by atoms with Crippen LogP contribution in [0.3, 0.4) is 0 Å².